The molecule has 1 N–H and O–H groups in total. The summed E-state index contributed by atoms with van der Waals surface area (Å²) in [6.45, 7) is 5.11. The summed E-state index contributed by atoms with van der Waals surface area (Å²) >= 11 is 0. The maximum Gasteiger partial charge on any atom is 0.254 e. The molecule has 178 valence electrons. The Labute approximate surface area is 198 Å². The second kappa shape index (κ2) is 8.72. The first-order valence-corrected chi connectivity index (χ1v) is 13.5. The van der Waals surface area contributed by atoms with Crippen LogP contribution in [0.2, 0.25) is 0 Å². The molecule has 0 aromatic heterocycles. The van der Waals surface area contributed by atoms with Crippen LogP contribution in [-0.4, -0.2) is 54.3 Å². The zero-order chi connectivity index (χ0) is 22.4. The van der Waals surface area contributed by atoms with E-state index in [1.807, 2.05) is 23.1 Å². The van der Waals surface area contributed by atoms with Crippen LogP contribution in [0.4, 0.5) is 5.69 Å². The molecule has 2 heterocycles. The lowest BCUT2D eigenvalue weighted by atomic mass is 9.49. The number of nitrogens with zero attached hydrogens (tertiary/aromatic N) is 2. The number of benzene rings is 1. The first kappa shape index (κ1) is 21.6. The molecule has 4 bridgehead atoms. The van der Waals surface area contributed by atoms with Crippen LogP contribution in [0.25, 0.3) is 0 Å². The molecule has 1 aromatic carbocycles. The van der Waals surface area contributed by atoms with Gasteiger partial charge in [-0.15, -0.1) is 0 Å². The minimum absolute atomic E-state index is 0.134. The number of likely N-dealkylation sites (tertiary alicyclic amines) is 1. The summed E-state index contributed by atoms with van der Waals surface area (Å²) in [6, 6.07) is 5.87. The SMILES string of the molecule is O=C(CC12CC3CC(CC(C3)C1)C2)Nc1cccc2c1CCN(CCCN1CCCC1)C2=O. The molecule has 1 aromatic rings. The smallest absolute Gasteiger partial charge is 0.254 e. The highest BCUT2D eigenvalue weighted by molar-refractivity contribution is 6.00. The summed E-state index contributed by atoms with van der Waals surface area (Å²) in [4.78, 5) is 30.9. The van der Waals surface area contributed by atoms with E-state index in [1.54, 1.807) is 0 Å². The Morgan fingerprint density at radius 2 is 1.67 bits per heavy atom. The second-order valence-electron chi connectivity index (χ2n) is 11.9. The van der Waals surface area contributed by atoms with Crippen LogP contribution in [0.15, 0.2) is 18.2 Å². The average Bonchev–Trinajstić information content (AvgIpc) is 3.28. The molecule has 7 rings (SSSR count). The van der Waals surface area contributed by atoms with Gasteiger partial charge in [0.2, 0.25) is 5.91 Å². The highest BCUT2D eigenvalue weighted by atomic mass is 16.2. The van der Waals surface area contributed by atoms with E-state index in [0.717, 1.165) is 67.0 Å². The number of hydrogen-bond donors (Lipinski definition) is 1. The van der Waals surface area contributed by atoms with Crippen molar-refractivity contribution < 1.29 is 9.59 Å². The third-order valence-corrected chi connectivity index (χ3v) is 9.40. The van der Waals surface area contributed by atoms with Crippen molar-refractivity contribution in [2.45, 2.75) is 70.6 Å². The van der Waals surface area contributed by atoms with Gasteiger partial charge in [0.25, 0.3) is 5.91 Å². The number of carbonyl (C=O) groups is 2. The van der Waals surface area contributed by atoms with Crippen molar-refractivity contribution in [2.24, 2.45) is 23.2 Å². The largest absolute Gasteiger partial charge is 0.338 e. The molecule has 6 aliphatic rings. The van der Waals surface area contributed by atoms with Gasteiger partial charge in [-0.2, -0.15) is 0 Å². The summed E-state index contributed by atoms with van der Waals surface area (Å²) in [5.41, 5.74) is 2.94. The molecule has 4 saturated carbocycles. The monoisotopic (exact) mass is 449 g/mol. The van der Waals surface area contributed by atoms with Gasteiger partial charge in [-0.1, -0.05) is 6.07 Å². The molecule has 1 saturated heterocycles. The zero-order valence-electron chi connectivity index (χ0n) is 20.0. The highest BCUT2D eigenvalue weighted by Crippen LogP contribution is 2.61. The van der Waals surface area contributed by atoms with Crippen LogP contribution < -0.4 is 5.32 Å². The number of amides is 2. The van der Waals surface area contributed by atoms with Gasteiger partial charge in [0.05, 0.1) is 0 Å². The molecule has 4 aliphatic carbocycles. The molecule has 2 amide bonds. The van der Waals surface area contributed by atoms with Gasteiger partial charge in [0.15, 0.2) is 0 Å². The van der Waals surface area contributed by atoms with E-state index in [4.69, 9.17) is 0 Å². The van der Waals surface area contributed by atoms with E-state index in [-0.39, 0.29) is 17.2 Å². The fraction of sp³-hybridized carbons (Fsp3) is 0.714. The van der Waals surface area contributed by atoms with E-state index in [9.17, 15) is 9.59 Å². The molecule has 5 nitrogen and oxygen atoms in total. The summed E-state index contributed by atoms with van der Waals surface area (Å²) in [5.74, 6) is 2.88. The van der Waals surface area contributed by atoms with Crippen molar-refractivity contribution in [3.05, 3.63) is 29.3 Å². The number of fused-ring (bicyclic) bond motifs is 1. The third-order valence-electron chi connectivity index (χ3n) is 9.40. The topological polar surface area (TPSA) is 52.7 Å². The number of hydrogen-bond acceptors (Lipinski definition) is 3. The summed E-state index contributed by atoms with van der Waals surface area (Å²) < 4.78 is 0. The second-order valence-corrected chi connectivity index (χ2v) is 11.9. The number of anilines is 1. The molecule has 0 radical (unpaired) electrons. The first-order valence-electron chi connectivity index (χ1n) is 13.5. The zero-order valence-corrected chi connectivity index (χ0v) is 20.0. The lowest BCUT2D eigenvalue weighted by molar-refractivity contribution is -0.124. The van der Waals surface area contributed by atoms with Crippen LogP contribution in [0.1, 0.15) is 80.1 Å². The van der Waals surface area contributed by atoms with E-state index in [2.05, 4.69) is 10.2 Å². The summed E-state index contributed by atoms with van der Waals surface area (Å²) in [5, 5.41) is 3.24. The Bertz CT molecular complexity index is 884. The van der Waals surface area contributed by atoms with Crippen molar-refractivity contribution in [3.63, 3.8) is 0 Å². The Morgan fingerprint density at radius 1 is 0.970 bits per heavy atom. The van der Waals surface area contributed by atoms with Crippen LogP contribution in [-0.2, 0) is 11.2 Å². The van der Waals surface area contributed by atoms with Gasteiger partial charge >= 0.3 is 0 Å². The van der Waals surface area contributed by atoms with Crippen LogP contribution in [0.3, 0.4) is 0 Å². The van der Waals surface area contributed by atoms with Gasteiger partial charge in [0, 0.05) is 30.8 Å². The standard InChI is InChI=1S/C28H39N3O2/c32-26(19-28-16-20-13-21(17-28)15-22(14-20)18-28)29-25-6-3-5-24-23(25)7-12-31(27(24)33)11-4-10-30-8-1-2-9-30/h3,5-6,20-22H,1-2,4,7-19H2,(H,29,32). The molecule has 0 atom stereocenters. The van der Waals surface area contributed by atoms with Crippen molar-refractivity contribution in [3.8, 4) is 0 Å². The van der Waals surface area contributed by atoms with Crippen LogP contribution in [0.5, 0.6) is 0 Å². The highest BCUT2D eigenvalue weighted by Gasteiger charge is 2.51. The maximum absolute atomic E-state index is 13.2. The first-order chi connectivity index (χ1) is 16.1. The summed E-state index contributed by atoms with van der Waals surface area (Å²) in [7, 11) is 0. The van der Waals surface area contributed by atoms with E-state index in [1.165, 1.54) is 64.5 Å². The Hall–Kier alpha value is -1.88. The van der Waals surface area contributed by atoms with Gasteiger partial charge in [-0.3, -0.25) is 9.59 Å². The Balaban J connectivity index is 1.09. The van der Waals surface area contributed by atoms with Crippen molar-refractivity contribution in [2.75, 3.05) is 38.0 Å². The molecule has 0 spiro atoms. The Kier molecular flexibility index (Phi) is 5.72. The fourth-order valence-corrected chi connectivity index (χ4v) is 8.44. The molecule has 33 heavy (non-hydrogen) atoms. The van der Waals surface area contributed by atoms with E-state index < -0.39 is 0 Å². The predicted octanol–water partition coefficient (Wildman–Crippen LogP) is 4.72. The number of rotatable bonds is 7. The van der Waals surface area contributed by atoms with Gasteiger partial charge < -0.3 is 15.1 Å². The Morgan fingerprint density at radius 3 is 2.36 bits per heavy atom. The van der Waals surface area contributed by atoms with Crippen molar-refractivity contribution >= 4 is 17.5 Å². The van der Waals surface area contributed by atoms with Gasteiger partial charge in [-0.25, -0.2) is 0 Å². The lowest BCUT2D eigenvalue weighted by Gasteiger charge is -2.56. The molecule has 5 heteroatoms. The van der Waals surface area contributed by atoms with E-state index in [0.29, 0.717) is 6.42 Å². The number of carbonyl (C=O) groups excluding carboxylic acids is 2. The van der Waals surface area contributed by atoms with Crippen molar-refractivity contribution in [1.29, 1.82) is 0 Å². The third kappa shape index (κ3) is 4.34. The van der Waals surface area contributed by atoms with E-state index >= 15 is 0 Å². The van der Waals surface area contributed by atoms with Gasteiger partial charge in [0.1, 0.15) is 0 Å². The minimum Gasteiger partial charge on any atom is -0.338 e. The average molecular weight is 450 g/mol. The molecule has 5 fully saturated rings. The van der Waals surface area contributed by atoms with Crippen LogP contribution >= 0.6 is 0 Å². The fourth-order valence-electron chi connectivity index (χ4n) is 8.44. The normalized spacial score (nSPS) is 32.9. The minimum atomic E-state index is 0.134. The molecule has 0 unspecified atom stereocenters. The lowest BCUT2D eigenvalue weighted by Crippen LogP contribution is -2.47. The quantitative estimate of drug-likeness (QED) is 0.656. The van der Waals surface area contributed by atoms with Crippen LogP contribution in [0, 0.1) is 23.2 Å². The molecular formula is C28H39N3O2. The summed E-state index contributed by atoms with van der Waals surface area (Å²) in [6.07, 6.45) is 13.1. The predicted molar refractivity (Wildman–Crippen MR) is 130 cm³/mol. The van der Waals surface area contributed by atoms with Gasteiger partial charge in [-0.05, 0) is 125 Å². The maximum atomic E-state index is 13.2. The molecule has 2 aliphatic heterocycles. The van der Waals surface area contributed by atoms with Crippen molar-refractivity contribution in [1.82, 2.24) is 9.80 Å². The molecular weight excluding hydrogens is 410 g/mol. The number of nitrogens with one attached hydrogen (secondary N) is 1.